The van der Waals surface area contributed by atoms with Crippen LogP contribution in [0.5, 0.6) is 0 Å². The zero-order valence-corrected chi connectivity index (χ0v) is 17.3. The summed E-state index contributed by atoms with van der Waals surface area (Å²) in [7, 11) is -0.482. The molecule has 0 N–H and O–H groups in total. The van der Waals surface area contributed by atoms with E-state index in [0.29, 0.717) is 13.2 Å². The van der Waals surface area contributed by atoms with Crippen molar-refractivity contribution in [2.75, 3.05) is 27.1 Å². The van der Waals surface area contributed by atoms with E-state index in [1.54, 1.807) is 7.11 Å². The van der Waals surface area contributed by atoms with Gasteiger partial charge in [0.2, 0.25) is 0 Å². The van der Waals surface area contributed by atoms with Gasteiger partial charge in [-0.2, -0.15) is 0 Å². The fourth-order valence-electron chi connectivity index (χ4n) is 1.99. The maximum atomic E-state index is 11.7. The van der Waals surface area contributed by atoms with E-state index in [2.05, 4.69) is 33.9 Å². The third kappa shape index (κ3) is 6.99. The smallest absolute Gasteiger partial charge is 0.193 e. The molecule has 0 aromatic heterocycles. The first kappa shape index (κ1) is 22.0. The van der Waals surface area contributed by atoms with Crippen molar-refractivity contribution in [1.82, 2.24) is 0 Å². The largest absolute Gasteiger partial charge is 0.407 e. The molecule has 5 nitrogen and oxygen atoms in total. The molecule has 0 aliphatic carbocycles. The lowest BCUT2D eigenvalue weighted by Crippen LogP contribution is -2.44. The maximum Gasteiger partial charge on any atom is 0.193 e. The lowest BCUT2D eigenvalue weighted by atomic mass is 10.1. The van der Waals surface area contributed by atoms with Crippen LogP contribution in [0.25, 0.3) is 0 Å². The van der Waals surface area contributed by atoms with Crippen molar-refractivity contribution >= 4 is 14.6 Å². The molecule has 0 spiro atoms. The van der Waals surface area contributed by atoms with Crippen LogP contribution < -0.4 is 0 Å². The van der Waals surface area contributed by atoms with Crippen molar-refractivity contribution in [3.8, 4) is 0 Å². The van der Waals surface area contributed by atoms with Crippen LogP contribution in [0.3, 0.4) is 0 Å². The first-order chi connectivity index (χ1) is 11.7. The molecule has 1 aromatic carbocycles. The lowest BCUT2D eigenvalue weighted by molar-refractivity contribution is -0.145. The number of benzene rings is 1. The fourth-order valence-corrected chi connectivity index (χ4v) is 3.25. The molecule has 142 valence electrons. The lowest BCUT2D eigenvalue weighted by Gasteiger charge is -2.40. The van der Waals surface area contributed by atoms with Crippen LogP contribution in [0.15, 0.2) is 30.3 Å². The van der Waals surface area contributed by atoms with Crippen LogP contribution in [0.4, 0.5) is 0 Å². The third-order valence-corrected chi connectivity index (χ3v) is 9.02. The summed E-state index contributed by atoms with van der Waals surface area (Å²) in [5, 5.41) is 0.0302. The standard InChI is InChI=1S/C19H32O5Si/c1-19(2,3)25(5,6)24-18(16-10-8-7-9-11-16)17(14-20)23-15-22-13-12-21-4/h7-11,14,17-18H,12-13,15H2,1-6H3/t17-,18-/m0/s1. The summed E-state index contributed by atoms with van der Waals surface area (Å²) in [5.41, 5.74) is 0.932. The Bertz CT molecular complexity index is 498. The Morgan fingerprint density at radius 3 is 2.28 bits per heavy atom. The fraction of sp³-hybridized carbons (Fsp3) is 0.632. The summed E-state index contributed by atoms with van der Waals surface area (Å²) in [6, 6.07) is 9.74. The van der Waals surface area contributed by atoms with Gasteiger partial charge < -0.3 is 23.4 Å². The summed E-state index contributed by atoms with van der Waals surface area (Å²) in [4.78, 5) is 11.7. The van der Waals surface area contributed by atoms with Gasteiger partial charge in [-0.3, -0.25) is 0 Å². The molecule has 1 rings (SSSR count). The van der Waals surface area contributed by atoms with E-state index in [1.165, 1.54) is 0 Å². The zero-order valence-electron chi connectivity index (χ0n) is 16.3. The van der Waals surface area contributed by atoms with Crippen LogP contribution in [0.1, 0.15) is 32.4 Å². The average molecular weight is 369 g/mol. The second-order valence-corrected chi connectivity index (χ2v) is 12.3. The molecule has 0 aliphatic heterocycles. The Morgan fingerprint density at radius 2 is 1.76 bits per heavy atom. The van der Waals surface area contributed by atoms with Gasteiger partial charge in [0.15, 0.2) is 14.6 Å². The first-order valence-corrected chi connectivity index (χ1v) is 11.5. The summed E-state index contributed by atoms with van der Waals surface area (Å²) in [5.74, 6) is 0. The Morgan fingerprint density at radius 1 is 1.12 bits per heavy atom. The van der Waals surface area contributed by atoms with Crippen LogP contribution in [0.2, 0.25) is 18.1 Å². The highest BCUT2D eigenvalue weighted by molar-refractivity contribution is 6.74. The van der Waals surface area contributed by atoms with E-state index in [4.69, 9.17) is 18.6 Å². The van der Waals surface area contributed by atoms with E-state index in [1.807, 2.05) is 30.3 Å². The number of methoxy groups -OCH3 is 1. The van der Waals surface area contributed by atoms with E-state index < -0.39 is 20.5 Å². The predicted molar refractivity (Wildman–Crippen MR) is 101 cm³/mol. The van der Waals surface area contributed by atoms with Crippen molar-refractivity contribution in [2.45, 2.75) is 51.1 Å². The highest BCUT2D eigenvalue weighted by Gasteiger charge is 2.41. The Labute approximate surface area is 152 Å². The first-order valence-electron chi connectivity index (χ1n) is 8.59. The molecule has 0 unspecified atom stereocenters. The van der Waals surface area contributed by atoms with Gasteiger partial charge in [-0.1, -0.05) is 51.1 Å². The van der Waals surface area contributed by atoms with Crippen molar-refractivity contribution in [3.63, 3.8) is 0 Å². The van der Waals surface area contributed by atoms with Crippen LogP contribution in [-0.4, -0.2) is 47.8 Å². The van der Waals surface area contributed by atoms with Gasteiger partial charge in [-0.25, -0.2) is 0 Å². The molecule has 0 radical (unpaired) electrons. The van der Waals surface area contributed by atoms with Gasteiger partial charge in [0.05, 0.1) is 13.2 Å². The summed E-state index contributed by atoms with van der Waals surface area (Å²) in [6.45, 7) is 11.8. The number of hydrogen-bond acceptors (Lipinski definition) is 5. The molecule has 6 heteroatoms. The zero-order chi connectivity index (χ0) is 18.9. The predicted octanol–water partition coefficient (Wildman–Crippen LogP) is 3.95. The quantitative estimate of drug-likeness (QED) is 0.256. The summed E-state index contributed by atoms with van der Waals surface area (Å²) in [6.07, 6.45) is -0.380. The van der Waals surface area contributed by atoms with Crippen LogP contribution >= 0.6 is 0 Å². The van der Waals surface area contributed by atoms with E-state index in [-0.39, 0.29) is 11.8 Å². The van der Waals surface area contributed by atoms with E-state index >= 15 is 0 Å². The number of carbonyl (C=O) groups is 1. The number of rotatable bonds is 11. The van der Waals surface area contributed by atoms with Crippen molar-refractivity contribution < 1.29 is 23.4 Å². The molecule has 0 saturated heterocycles. The van der Waals surface area contributed by atoms with Gasteiger partial charge in [-0.15, -0.1) is 0 Å². The van der Waals surface area contributed by atoms with Crippen molar-refractivity contribution in [3.05, 3.63) is 35.9 Å². The second-order valence-electron chi connectivity index (χ2n) is 7.50. The van der Waals surface area contributed by atoms with Gasteiger partial charge in [0.1, 0.15) is 19.0 Å². The van der Waals surface area contributed by atoms with Gasteiger partial charge >= 0.3 is 0 Å². The molecule has 0 fully saturated rings. The molecular formula is C19H32O5Si. The number of ether oxygens (including phenoxy) is 3. The Balaban J connectivity index is 2.91. The molecule has 0 heterocycles. The molecule has 0 aliphatic rings. The number of hydrogen-bond donors (Lipinski definition) is 0. The summed E-state index contributed by atoms with van der Waals surface area (Å²) >= 11 is 0. The van der Waals surface area contributed by atoms with Gasteiger partial charge in [0.25, 0.3) is 0 Å². The Hall–Kier alpha value is -1.05. The molecule has 0 saturated carbocycles. The molecule has 2 atom stereocenters. The van der Waals surface area contributed by atoms with Crippen molar-refractivity contribution in [2.24, 2.45) is 0 Å². The average Bonchev–Trinajstić information content (AvgIpc) is 2.56. The van der Waals surface area contributed by atoms with Gasteiger partial charge in [-0.05, 0) is 23.7 Å². The van der Waals surface area contributed by atoms with Crippen LogP contribution in [-0.2, 0) is 23.4 Å². The molecular weight excluding hydrogens is 336 g/mol. The number of aldehydes is 1. The minimum atomic E-state index is -2.09. The summed E-state index contributed by atoms with van der Waals surface area (Å²) < 4.78 is 22.5. The molecule has 25 heavy (non-hydrogen) atoms. The normalized spacial score (nSPS) is 15.0. The highest BCUT2D eigenvalue weighted by Crippen LogP contribution is 2.40. The molecule has 1 aromatic rings. The molecule has 0 bridgehead atoms. The second kappa shape index (κ2) is 10.2. The molecule has 0 amide bonds. The minimum absolute atomic E-state index is 0.0248. The highest BCUT2D eigenvalue weighted by atomic mass is 28.4. The topological polar surface area (TPSA) is 54.0 Å². The van der Waals surface area contributed by atoms with E-state index in [9.17, 15) is 4.79 Å². The number of carbonyl (C=O) groups excluding carboxylic acids is 1. The third-order valence-electron chi connectivity index (χ3n) is 4.56. The maximum absolute atomic E-state index is 11.7. The van der Waals surface area contributed by atoms with Crippen molar-refractivity contribution in [1.29, 1.82) is 0 Å². The van der Waals surface area contributed by atoms with Gasteiger partial charge in [0, 0.05) is 7.11 Å². The monoisotopic (exact) mass is 368 g/mol. The SMILES string of the molecule is COCCOCO[C@@H](C=O)[C@@H](O[Si](C)(C)C(C)(C)C)c1ccccc1. The van der Waals surface area contributed by atoms with Crippen LogP contribution in [0, 0.1) is 0 Å². The van der Waals surface area contributed by atoms with E-state index in [0.717, 1.165) is 11.8 Å². The minimum Gasteiger partial charge on any atom is -0.407 e. The Kier molecular flexibility index (Phi) is 8.96.